The van der Waals surface area contributed by atoms with E-state index in [0.717, 1.165) is 18.7 Å². The van der Waals surface area contributed by atoms with E-state index in [1.54, 1.807) is 7.11 Å². The molecular weight excluding hydrogens is 300 g/mol. The molecule has 2 bridgehead atoms. The first-order valence-electron chi connectivity index (χ1n) is 7.80. The van der Waals surface area contributed by atoms with Gasteiger partial charge in [-0.25, -0.2) is 0 Å². The van der Waals surface area contributed by atoms with E-state index in [4.69, 9.17) is 18.9 Å². The quantitative estimate of drug-likeness (QED) is 0.868. The average Bonchev–Trinajstić information content (AvgIpc) is 2.85. The molecule has 0 spiro atoms. The molecule has 1 N–H and O–H groups in total. The van der Waals surface area contributed by atoms with E-state index in [9.17, 15) is 4.79 Å². The number of fused-ring (bicyclic) bond motifs is 4. The van der Waals surface area contributed by atoms with Crippen molar-refractivity contribution in [1.29, 1.82) is 0 Å². The summed E-state index contributed by atoms with van der Waals surface area (Å²) < 4.78 is 21.9. The van der Waals surface area contributed by atoms with Crippen molar-refractivity contribution in [1.82, 2.24) is 10.2 Å². The predicted octanol–water partition coefficient (Wildman–Crippen LogP) is 0.371. The largest absolute Gasteiger partial charge is 0.493 e. The standard InChI is InChI=1S/C16H20N2O5/c1-20-13-2-10(3-14-15(13)23-9-22-14)4-18-5-11-7-21-8-12(6-18)17-16(11)19/h2-3,11-12H,4-9H2,1H3,(H,17,19)/t11-,12+/m1/s1. The zero-order valence-corrected chi connectivity index (χ0v) is 13.0. The fourth-order valence-electron chi connectivity index (χ4n) is 3.38. The fraction of sp³-hybridized carbons (Fsp3) is 0.562. The summed E-state index contributed by atoms with van der Waals surface area (Å²) in [7, 11) is 1.62. The molecule has 1 amide bonds. The topological polar surface area (TPSA) is 69.3 Å². The Morgan fingerprint density at radius 3 is 3.09 bits per heavy atom. The zero-order valence-electron chi connectivity index (χ0n) is 13.0. The Bertz CT molecular complexity index is 621. The summed E-state index contributed by atoms with van der Waals surface area (Å²) >= 11 is 0. The van der Waals surface area contributed by atoms with Gasteiger partial charge in [-0.2, -0.15) is 0 Å². The first-order valence-corrected chi connectivity index (χ1v) is 7.80. The zero-order chi connectivity index (χ0) is 15.8. The van der Waals surface area contributed by atoms with Gasteiger partial charge in [0.1, 0.15) is 0 Å². The monoisotopic (exact) mass is 320 g/mol. The number of benzene rings is 1. The van der Waals surface area contributed by atoms with Gasteiger partial charge in [-0.15, -0.1) is 0 Å². The summed E-state index contributed by atoms with van der Waals surface area (Å²) in [6, 6.07) is 4.00. The molecule has 3 heterocycles. The van der Waals surface area contributed by atoms with Crippen molar-refractivity contribution < 1.29 is 23.7 Å². The molecule has 2 fully saturated rings. The van der Waals surface area contributed by atoms with Gasteiger partial charge >= 0.3 is 0 Å². The van der Waals surface area contributed by atoms with Crippen molar-refractivity contribution in [2.45, 2.75) is 12.6 Å². The third kappa shape index (κ3) is 2.82. The van der Waals surface area contributed by atoms with Crippen molar-refractivity contribution in [3.8, 4) is 17.2 Å². The van der Waals surface area contributed by atoms with E-state index >= 15 is 0 Å². The first kappa shape index (κ1) is 14.6. The minimum absolute atomic E-state index is 0.0471. The van der Waals surface area contributed by atoms with Gasteiger partial charge in [0.25, 0.3) is 0 Å². The Kier molecular flexibility index (Phi) is 3.74. The van der Waals surface area contributed by atoms with Crippen LogP contribution in [0.1, 0.15) is 5.56 Å². The number of nitrogens with one attached hydrogen (secondary N) is 1. The van der Waals surface area contributed by atoms with Crippen LogP contribution in [0.15, 0.2) is 12.1 Å². The molecule has 2 atom stereocenters. The van der Waals surface area contributed by atoms with Crippen LogP contribution in [0.5, 0.6) is 17.2 Å². The van der Waals surface area contributed by atoms with Crippen molar-refractivity contribution in [2.24, 2.45) is 5.92 Å². The summed E-state index contributed by atoms with van der Waals surface area (Å²) in [5.74, 6) is 2.04. The van der Waals surface area contributed by atoms with Crippen LogP contribution in [0.4, 0.5) is 0 Å². The lowest BCUT2D eigenvalue weighted by molar-refractivity contribution is -0.125. The van der Waals surface area contributed by atoms with Gasteiger partial charge < -0.3 is 24.3 Å². The summed E-state index contributed by atoms with van der Waals surface area (Å²) in [6.45, 7) is 3.48. The molecule has 3 aliphatic rings. The first-order chi connectivity index (χ1) is 11.2. The highest BCUT2D eigenvalue weighted by Crippen LogP contribution is 2.42. The molecule has 124 valence electrons. The lowest BCUT2D eigenvalue weighted by Gasteiger charge is -2.27. The molecule has 0 unspecified atom stereocenters. The lowest BCUT2D eigenvalue weighted by atomic mass is 10.1. The maximum absolute atomic E-state index is 12.1. The Morgan fingerprint density at radius 2 is 2.22 bits per heavy atom. The molecule has 2 saturated heterocycles. The third-order valence-electron chi connectivity index (χ3n) is 4.44. The minimum atomic E-state index is -0.113. The number of ether oxygens (including phenoxy) is 4. The maximum Gasteiger partial charge on any atom is 0.231 e. The van der Waals surface area contributed by atoms with Crippen molar-refractivity contribution in [3.05, 3.63) is 17.7 Å². The molecule has 0 aromatic heterocycles. The van der Waals surface area contributed by atoms with E-state index < -0.39 is 0 Å². The molecular formula is C16H20N2O5. The van der Waals surface area contributed by atoms with Crippen molar-refractivity contribution >= 4 is 5.91 Å². The Morgan fingerprint density at radius 1 is 1.30 bits per heavy atom. The van der Waals surface area contributed by atoms with Gasteiger partial charge in [-0.3, -0.25) is 9.69 Å². The Labute approximate surface area is 134 Å². The highest BCUT2D eigenvalue weighted by atomic mass is 16.7. The van der Waals surface area contributed by atoms with Gasteiger partial charge in [0.2, 0.25) is 18.4 Å². The van der Waals surface area contributed by atoms with Gasteiger partial charge in [-0.1, -0.05) is 0 Å². The van der Waals surface area contributed by atoms with Crippen molar-refractivity contribution in [2.75, 3.05) is 40.2 Å². The number of rotatable bonds is 3. The summed E-state index contributed by atoms with van der Waals surface area (Å²) in [4.78, 5) is 14.4. The van der Waals surface area contributed by atoms with E-state index in [1.165, 1.54) is 0 Å². The number of carbonyl (C=O) groups excluding carboxylic acids is 1. The van der Waals surface area contributed by atoms with E-state index in [-0.39, 0.29) is 24.7 Å². The smallest absolute Gasteiger partial charge is 0.231 e. The molecule has 7 nitrogen and oxygen atoms in total. The number of hydrogen-bond donors (Lipinski definition) is 1. The highest BCUT2D eigenvalue weighted by molar-refractivity contribution is 5.80. The van der Waals surface area contributed by atoms with Crippen molar-refractivity contribution in [3.63, 3.8) is 0 Å². The van der Waals surface area contributed by atoms with Crippen LogP contribution in [0, 0.1) is 5.92 Å². The normalized spacial score (nSPS) is 26.6. The molecule has 0 saturated carbocycles. The van der Waals surface area contributed by atoms with Crippen LogP contribution in [-0.2, 0) is 16.1 Å². The Balaban J connectivity index is 1.55. The second-order valence-electron chi connectivity index (χ2n) is 6.17. The summed E-state index contributed by atoms with van der Waals surface area (Å²) in [5, 5.41) is 3.05. The fourth-order valence-corrected chi connectivity index (χ4v) is 3.38. The number of methoxy groups -OCH3 is 1. The van der Waals surface area contributed by atoms with E-state index in [2.05, 4.69) is 10.2 Å². The molecule has 4 rings (SSSR count). The SMILES string of the molecule is COc1cc(CN2C[C@H]3COC[C@@H](C2)C(=O)N3)cc2c1OCO2. The van der Waals surface area contributed by atoms with Gasteiger partial charge in [0.05, 0.1) is 32.3 Å². The second-order valence-corrected chi connectivity index (χ2v) is 6.17. The number of nitrogens with zero attached hydrogens (tertiary/aromatic N) is 1. The van der Waals surface area contributed by atoms with Crippen LogP contribution < -0.4 is 19.5 Å². The van der Waals surface area contributed by atoms with Crippen LogP contribution in [0.2, 0.25) is 0 Å². The molecule has 3 aliphatic heterocycles. The summed E-state index contributed by atoms with van der Waals surface area (Å²) in [6.07, 6.45) is 0. The maximum atomic E-state index is 12.1. The second kappa shape index (κ2) is 5.90. The molecule has 23 heavy (non-hydrogen) atoms. The lowest BCUT2D eigenvalue weighted by Crippen LogP contribution is -2.41. The van der Waals surface area contributed by atoms with Crippen LogP contribution in [0.25, 0.3) is 0 Å². The van der Waals surface area contributed by atoms with E-state index in [0.29, 0.717) is 37.0 Å². The molecule has 7 heteroatoms. The minimum Gasteiger partial charge on any atom is -0.493 e. The molecule has 1 aromatic rings. The van der Waals surface area contributed by atoms with Crippen LogP contribution >= 0.6 is 0 Å². The Hall–Kier alpha value is -1.99. The number of carbonyl (C=O) groups is 1. The van der Waals surface area contributed by atoms with Gasteiger partial charge in [0.15, 0.2) is 11.5 Å². The van der Waals surface area contributed by atoms with Crippen LogP contribution in [0.3, 0.4) is 0 Å². The molecule has 1 aromatic carbocycles. The van der Waals surface area contributed by atoms with E-state index in [1.807, 2.05) is 12.1 Å². The third-order valence-corrected chi connectivity index (χ3v) is 4.44. The molecule has 0 radical (unpaired) electrons. The number of amides is 1. The molecule has 0 aliphatic carbocycles. The average molecular weight is 320 g/mol. The highest BCUT2D eigenvalue weighted by Gasteiger charge is 2.33. The summed E-state index contributed by atoms with van der Waals surface area (Å²) in [5.41, 5.74) is 1.08. The number of hydrogen-bond acceptors (Lipinski definition) is 6. The van der Waals surface area contributed by atoms with Gasteiger partial charge in [0, 0.05) is 19.6 Å². The predicted molar refractivity (Wildman–Crippen MR) is 80.6 cm³/mol. The van der Waals surface area contributed by atoms with Gasteiger partial charge in [-0.05, 0) is 17.7 Å². The van der Waals surface area contributed by atoms with Crippen LogP contribution in [-0.4, -0.2) is 57.1 Å².